The summed E-state index contributed by atoms with van der Waals surface area (Å²) in [7, 11) is 0. The van der Waals surface area contributed by atoms with Crippen LogP contribution in [-0.2, 0) is 14.9 Å². The third-order valence-corrected chi connectivity index (χ3v) is 5.79. The van der Waals surface area contributed by atoms with Gasteiger partial charge in [0.25, 0.3) is 0 Å². The van der Waals surface area contributed by atoms with Gasteiger partial charge < -0.3 is 9.84 Å². The Morgan fingerprint density at radius 2 is 1.57 bits per heavy atom. The average Bonchev–Trinajstić information content (AvgIpc) is 3.05. The third-order valence-electron chi connectivity index (χ3n) is 5.79. The van der Waals surface area contributed by atoms with Gasteiger partial charge in [0.05, 0.1) is 18.6 Å². The van der Waals surface area contributed by atoms with E-state index in [2.05, 4.69) is 24.3 Å². The molecule has 1 aliphatic rings. The molecule has 0 radical (unpaired) electrons. The van der Waals surface area contributed by atoms with Gasteiger partial charge in [0.15, 0.2) is 0 Å². The number of carbonyl (C=O) groups excluding carboxylic acids is 2. The van der Waals surface area contributed by atoms with Crippen molar-refractivity contribution in [3.63, 3.8) is 0 Å². The Morgan fingerprint density at radius 3 is 2.10 bits per heavy atom. The standard InChI is InChI=1S/C25H31NO4/c1-24(2,3)30-23(29)26-21(15-19(16-27)22(26)28)25(4,5)20-13-11-18(12-14-20)17-9-7-6-8-10-17/h6-14,19,21,27H,15-16H2,1-5H3. The molecule has 1 fully saturated rings. The molecule has 5 nitrogen and oxygen atoms in total. The summed E-state index contributed by atoms with van der Waals surface area (Å²) in [4.78, 5) is 26.9. The number of hydrogen-bond donors (Lipinski definition) is 1. The van der Waals surface area contributed by atoms with Crippen LogP contribution in [0.4, 0.5) is 4.79 Å². The van der Waals surface area contributed by atoms with Crippen LogP contribution in [0.25, 0.3) is 11.1 Å². The quantitative estimate of drug-likeness (QED) is 0.789. The molecule has 1 aliphatic heterocycles. The third kappa shape index (κ3) is 4.41. The van der Waals surface area contributed by atoms with Crippen molar-refractivity contribution in [2.45, 2.75) is 58.1 Å². The molecule has 0 aromatic heterocycles. The minimum absolute atomic E-state index is 0.280. The van der Waals surface area contributed by atoms with Crippen molar-refractivity contribution in [3.05, 3.63) is 60.2 Å². The number of hydrogen-bond acceptors (Lipinski definition) is 4. The Morgan fingerprint density at radius 1 is 1.00 bits per heavy atom. The molecule has 0 spiro atoms. The second kappa shape index (κ2) is 8.23. The fourth-order valence-corrected chi connectivity index (χ4v) is 4.04. The number of rotatable bonds is 4. The number of amides is 2. The minimum atomic E-state index is -0.708. The zero-order valence-corrected chi connectivity index (χ0v) is 18.4. The molecular weight excluding hydrogens is 378 g/mol. The van der Waals surface area contributed by atoms with Crippen LogP contribution in [-0.4, -0.2) is 40.3 Å². The first-order valence-electron chi connectivity index (χ1n) is 10.4. The van der Waals surface area contributed by atoms with Crippen molar-refractivity contribution >= 4 is 12.0 Å². The zero-order chi connectivity index (χ0) is 22.1. The lowest BCUT2D eigenvalue weighted by atomic mass is 9.75. The van der Waals surface area contributed by atoms with Crippen LogP contribution in [0, 0.1) is 5.92 Å². The van der Waals surface area contributed by atoms with Crippen LogP contribution in [0.1, 0.15) is 46.6 Å². The number of ether oxygens (including phenoxy) is 1. The van der Waals surface area contributed by atoms with Gasteiger partial charge in [-0.1, -0.05) is 68.4 Å². The summed E-state index contributed by atoms with van der Waals surface area (Å²) in [6, 6.07) is 17.9. The molecule has 1 saturated heterocycles. The van der Waals surface area contributed by atoms with Crippen LogP contribution < -0.4 is 0 Å². The first-order valence-corrected chi connectivity index (χ1v) is 10.4. The van der Waals surface area contributed by atoms with E-state index in [1.165, 1.54) is 4.90 Å². The predicted molar refractivity (Wildman–Crippen MR) is 117 cm³/mol. The van der Waals surface area contributed by atoms with E-state index in [-0.39, 0.29) is 12.5 Å². The molecule has 1 N–H and O–H groups in total. The molecule has 2 atom stereocenters. The summed E-state index contributed by atoms with van der Waals surface area (Å²) >= 11 is 0. The van der Waals surface area contributed by atoms with Gasteiger partial charge in [-0.15, -0.1) is 0 Å². The normalized spacial score (nSPS) is 19.8. The second-order valence-electron chi connectivity index (χ2n) is 9.48. The highest BCUT2D eigenvalue weighted by atomic mass is 16.6. The van der Waals surface area contributed by atoms with Crippen molar-refractivity contribution in [2.24, 2.45) is 5.92 Å². The van der Waals surface area contributed by atoms with Crippen LogP contribution in [0.5, 0.6) is 0 Å². The first kappa shape index (κ1) is 22.0. The SMILES string of the molecule is CC(C)(C)OC(=O)N1C(=O)C(CO)CC1C(C)(C)c1ccc(-c2ccccc2)cc1. The number of nitrogens with zero attached hydrogens (tertiary/aromatic N) is 1. The summed E-state index contributed by atoms with van der Waals surface area (Å²) < 4.78 is 5.51. The maximum Gasteiger partial charge on any atom is 0.417 e. The topological polar surface area (TPSA) is 66.8 Å². The zero-order valence-electron chi connectivity index (χ0n) is 18.4. The van der Waals surface area contributed by atoms with E-state index in [1.807, 2.05) is 44.2 Å². The maximum absolute atomic E-state index is 12.9. The summed E-state index contributed by atoms with van der Waals surface area (Å²) in [5.41, 5.74) is 2.04. The number of benzene rings is 2. The molecule has 2 aromatic rings. The fourth-order valence-electron chi connectivity index (χ4n) is 4.04. The molecule has 0 aliphatic carbocycles. The number of aliphatic hydroxyl groups is 1. The number of carbonyl (C=O) groups is 2. The first-order chi connectivity index (χ1) is 14.0. The largest absolute Gasteiger partial charge is 0.443 e. The van der Waals surface area contributed by atoms with Gasteiger partial charge in [-0.2, -0.15) is 0 Å². The molecule has 2 aromatic carbocycles. The number of aliphatic hydroxyl groups excluding tert-OH is 1. The molecule has 5 heteroatoms. The van der Waals surface area contributed by atoms with E-state index < -0.39 is 29.1 Å². The van der Waals surface area contributed by atoms with Crippen molar-refractivity contribution in [1.29, 1.82) is 0 Å². The van der Waals surface area contributed by atoms with Crippen molar-refractivity contribution < 1.29 is 19.4 Å². The Bertz CT molecular complexity index is 897. The monoisotopic (exact) mass is 409 g/mol. The molecule has 2 amide bonds. The Hall–Kier alpha value is -2.66. The van der Waals surface area contributed by atoms with Crippen molar-refractivity contribution in [3.8, 4) is 11.1 Å². The van der Waals surface area contributed by atoms with Crippen molar-refractivity contribution in [2.75, 3.05) is 6.61 Å². The fraction of sp³-hybridized carbons (Fsp3) is 0.440. The maximum atomic E-state index is 12.9. The van der Waals surface area contributed by atoms with Gasteiger partial charge in [-0.05, 0) is 43.9 Å². The smallest absolute Gasteiger partial charge is 0.417 e. The Balaban J connectivity index is 1.92. The molecule has 30 heavy (non-hydrogen) atoms. The van der Waals surface area contributed by atoms with Gasteiger partial charge in [-0.3, -0.25) is 4.79 Å². The summed E-state index contributed by atoms with van der Waals surface area (Å²) in [6.07, 6.45) is -0.246. The van der Waals surface area contributed by atoms with E-state index in [9.17, 15) is 14.7 Å². The lowest BCUT2D eigenvalue weighted by Crippen LogP contribution is -2.50. The van der Waals surface area contributed by atoms with Crippen LogP contribution in [0.3, 0.4) is 0 Å². The van der Waals surface area contributed by atoms with Crippen LogP contribution in [0.2, 0.25) is 0 Å². The molecule has 0 bridgehead atoms. The minimum Gasteiger partial charge on any atom is -0.443 e. The van der Waals surface area contributed by atoms with Gasteiger partial charge in [0.1, 0.15) is 5.60 Å². The molecule has 2 unspecified atom stereocenters. The van der Waals surface area contributed by atoms with E-state index in [0.717, 1.165) is 16.7 Å². The van der Waals surface area contributed by atoms with Gasteiger partial charge >= 0.3 is 6.09 Å². The van der Waals surface area contributed by atoms with Crippen LogP contribution >= 0.6 is 0 Å². The van der Waals surface area contributed by atoms with E-state index in [0.29, 0.717) is 6.42 Å². The highest BCUT2D eigenvalue weighted by Gasteiger charge is 2.50. The van der Waals surface area contributed by atoms with Crippen molar-refractivity contribution in [1.82, 2.24) is 4.90 Å². The highest BCUT2D eigenvalue weighted by molar-refractivity contribution is 5.96. The van der Waals surface area contributed by atoms with E-state index in [1.54, 1.807) is 20.8 Å². The lowest BCUT2D eigenvalue weighted by Gasteiger charge is -2.37. The Kier molecular flexibility index (Phi) is 6.04. The molecule has 3 rings (SSSR count). The molecule has 0 saturated carbocycles. The number of likely N-dealkylation sites (tertiary alicyclic amines) is 1. The molecular formula is C25H31NO4. The van der Waals surface area contributed by atoms with E-state index >= 15 is 0 Å². The average molecular weight is 410 g/mol. The van der Waals surface area contributed by atoms with Gasteiger partial charge in [0.2, 0.25) is 5.91 Å². The van der Waals surface area contributed by atoms with E-state index in [4.69, 9.17) is 4.74 Å². The molecule has 160 valence electrons. The van der Waals surface area contributed by atoms with Crippen LogP contribution in [0.15, 0.2) is 54.6 Å². The lowest BCUT2D eigenvalue weighted by molar-refractivity contribution is -0.132. The predicted octanol–water partition coefficient (Wildman–Crippen LogP) is 4.78. The van der Waals surface area contributed by atoms with Gasteiger partial charge in [-0.25, -0.2) is 9.69 Å². The molecule has 1 heterocycles. The summed E-state index contributed by atoms with van der Waals surface area (Å²) in [5, 5.41) is 9.69. The number of imide groups is 1. The second-order valence-corrected chi connectivity index (χ2v) is 9.48. The highest BCUT2D eigenvalue weighted by Crippen LogP contribution is 2.40. The van der Waals surface area contributed by atoms with Gasteiger partial charge in [0, 0.05) is 5.41 Å². The summed E-state index contributed by atoms with van der Waals surface area (Å²) in [5.74, 6) is -0.962. The summed E-state index contributed by atoms with van der Waals surface area (Å²) in [6.45, 7) is 9.10. The Labute approximate surface area is 178 Å².